The lowest BCUT2D eigenvalue weighted by Gasteiger charge is -2.30. The number of hydrogen-bond acceptors (Lipinski definition) is 4. The highest BCUT2D eigenvalue weighted by Crippen LogP contribution is 2.24. The van der Waals surface area contributed by atoms with Crippen LogP contribution in [0, 0.1) is 0 Å². The van der Waals surface area contributed by atoms with Crippen LogP contribution >= 0.6 is 35.0 Å². The van der Waals surface area contributed by atoms with Crippen LogP contribution in [0.25, 0.3) is 0 Å². The fourth-order valence-corrected chi connectivity index (χ4v) is 3.30. The molecule has 0 bridgehead atoms. The van der Waals surface area contributed by atoms with E-state index >= 15 is 0 Å². The number of rotatable bonds is 4. The minimum absolute atomic E-state index is 0.0498. The summed E-state index contributed by atoms with van der Waals surface area (Å²) in [5.41, 5.74) is 3.82. The number of hydrazine groups is 1. The second kappa shape index (κ2) is 6.98. The van der Waals surface area contributed by atoms with E-state index in [1.165, 1.54) is 0 Å². The van der Waals surface area contributed by atoms with Gasteiger partial charge in [-0.25, -0.2) is 0 Å². The minimum atomic E-state index is 0.0498. The Kier molecular flexibility index (Phi) is 5.60. The molecule has 1 heterocycles. The molecule has 1 saturated heterocycles. The van der Waals surface area contributed by atoms with E-state index in [-0.39, 0.29) is 12.1 Å². The van der Waals surface area contributed by atoms with Crippen molar-refractivity contribution in [1.82, 2.24) is 5.43 Å². The first-order chi connectivity index (χ1) is 8.70. The number of halogens is 2. The van der Waals surface area contributed by atoms with Crippen molar-refractivity contribution in [2.75, 3.05) is 18.1 Å². The van der Waals surface area contributed by atoms with Crippen LogP contribution in [0.15, 0.2) is 18.2 Å². The lowest BCUT2D eigenvalue weighted by atomic mass is 10.0. The van der Waals surface area contributed by atoms with Gasteiger partial charge >= 0.3 is 0 Å². The lowest BCUT2D eigenvalue weighted by Crippen LogP contribution is -2.49. The Morgan fingerprint density at radius 1 is 1.50 bits per heavy atom. The molecule has 1 aliphatic rings. The van der Waals surface area contributed by atoms with Gasteiger partial charge in [-0.3, -0.25) is 11.3 Å². The molecule has 0 spiro atoms. The number of ether oxygens (including phenoxy) is 1. The second-order valence-electron chi connectivity index (χ2n) is 4.20. The molecule has 1 fully saturated rings. The van der Waals surface area contributed by atoms with E-state index in [2.05, 4.69) is 5.43 Å². The third kappa shape index (κ3) is 3.76. The Labute approximate surface area is 121 Å². The molecule has 1 aromatic carbocycles. The van der Waals surface area contributed by atoms with Crippen molar-refractivity contribution >= 4 is 35.0 Å². The topological polar surface area (TPSA) is 47.3 Å². The average Bonchev–Trinajstić information content (AvgIpc) is 2.41. The van der Waals surface area contributed by atoms with E-state index in [1.807, 2.05) is 23.9 Å². The van der Waals surface area contributed by atoms with Gasteiger partial charge in [0.05, 0.1) is 18.8 Å². The van der Waals surface area contributed by atoms with Crippen molar-refractivity contribution in [3.05, 3.63) is 33.8 Å². The van der Waals surface area contributed by atoms with E-state index < -0.39 is 0 Å². The molecular formula is C12H16Cl2N2OS. The molecule has 2 atom stereocenters. The Morgan fingerprint density at radius 2 is 2.33 bits per heavy atom. The third-order valence-corrected chi connectivity index (χ3v) is 4.58. The maximum Gasteiger partial charge on any atom is 0.0835 e. The number of thioether (sulfide) groups is 1. The van der Waals surface area contributed by atoms with Gasteiger partial charge in [-0.15, -0.1) is 0 Å². The van der Waals surface area contributed by atoms with Gasteiger partial charge in [-0.2, -0.15) is 11.8 Å². The second-order valence-corrected chi connectivity index (χ2v) is 6.19. The molecule has 0 radical (unpaired) electrons. The van der Waals surface area contributed by atoms with Crippen LogP contribution in [0.5, 0.6) is 0 Å². The van der Waals surface area contributed by atoms with E-state index in [4.69, 9.17) is 33.8 Å². The normalized spacial score (nSPS) is 21.8. The van der Waals surface area contributed by atoms with Crippen molar-refractivity contribution < 1.29 is 4.74 Å². The van der Waals surface area contributed by atoms with Gasteiger partial charge in [0.15, 0.2) is 0 Å². The zero-order chi connectivity index (χ0) is 13.0. The summed E-state index contributed by atoms with van der Waals surface area (Å²) in [5, 5.41) is 1.40. The Bertz CT molecular complexity index is 400. The Hall–Kier alpha value is 0.0300. The molecule has 6 heteroatoms. The summed E-state index contributed by atoms with van der Waals surface area (Å²) in [7, 11) is 0. The summed E-state index contributed by atoms with van der Waals surface area (Å²) in [4.78, 5) is 0. The summed E-state index contributed by atoms with van der Waals surface area (Å²) < 4.78 is 5.73. The maximum atomic E-state index is 6.16. The smallest absolute Gasteiger partial charge is 0.0835 e. The van der Waals surface area contributed by atoms with Crippen LogP contribution in [-0.2, 0) is 11.2 Å². The molecule has 2 unspecified atom stereocenters. The van der Waals surface area contributed by atoms with Crippen LogP contribution in [-0.4, -0.2) is 30.3 Å². The summed E-state index contributed by atoms with van der Waals surface area (Å²) >= 11 is 14.0. The van der Waals surface area contributed by atoms with Crippen LogP contribution in [0.1, 0.15) is 5.56 Å². The molecule has 2 rings (SSSR count). The summed E-state index contributed by atoms with van der Waals surface area (Å²) in [6, 6.07) is 5.52. The number of hydrogen-bond donors (Lipinski definition) is 2. The zero-order valence-corrected chi connectivity index (χ0v) is 12.2. The molecule has 18 heavy (non-hydrogen) atoms. The van der Waals surface area contributed by atoms with E-state index in [0.717, 1.165) is 23.7 Å². The number of nitrogens with two attached hydrogens (primary N) is 1. The van der Waals surface area contributed by atoms with E-state index in [9.17, 15) is 0 Å². The number of benzene rings is 1. The highest BCUT2D eigenvalue weighted by Gasteiger charge is 2.24. The van der Waals surface area contributed by atoms with Crippen molar-refractivity contribution in [2.45, 2.75) is 18.6 Å². The van der Waals surface area contributed by atoms with Crippen molar-refractivity contribution in [1.29, 1.82) is 0 Å². The standard InChI is InChI=1S/C12H16Cl2N2OS/c13-9-1-2-10(14)8(5-9)6-11(16-15)12-7-18-4-3-17-12/h1-2,5,11-12,16H,3-4,6-7,15H2. The molecule has 1 aliphatic heterocycles. The van der Waals surface area contributed by atoms with Crippen molar-refractivity contribution in [3.63, 3.8) is 0 Å². The lowest BCUT2D eigenvalue weighted by molar-refractivity contribution is 0.0472. The summed E-state index contributed by atoms with van der Waals surface area (Å²) in [6.07, 6.45) is 0.824. The highest BCUT2D eigenvalue weighted by molar-refractivity contribution is 7.99. The van der Waals surface area contributed by atoms with Crippen molar-refractivity contribution in [3.8, 4) is 0 Å². The van der Waals surface area contributed by atoms with Crippen LogP contribution in [0.3, 0.4) is 0 Å². The van der Waals surface area contributed by atoms with Crippen molar-refractivity contribution in [2.24, 2.45) is 5.84 Å². The van der Waals surface area contributed by atoms with Gasteiger partial charge in [0.25, 0.3) is 0 Å². The fourth-order valence-electron chi connectivity index (χ4n) is 1.97. The Balaban J connectivity index is 2.06. The predicted molar refractivity (Wildman–Crippen MR) is 78.3 cm³/mol. The predicted octanol–water partition coefficient (Wildman–Crippen LogP) is 2.50. The molecule has 0 aromatic heterocycles. The first kappa shape index (κ1) is 14.4. The molecule has 100 valence electrons. The molecular weight excluding hydrogens is 291 g/mol. The van der Waals surface area contributed by atoms with Crippen LogP contribution in [0.4, 0.5) is 0 Å². The molecule has 0 saturated carbocycles. The first-order valence-corrected chi connectivity index (χ1v) is 7.71. The molecule has 3 N–H and O–H groups in total. The van der Waals surface area contributed by atoms with Crippen LogP contribution in [0.2, 0.25) is 10.0 Å². The molecule has 0 amide bonds. The average molecular weight is 307 g/mol. The first-order valence-electron chi connectivity index (χ1n) is 5.80. The molecule has 1 aromatic rings. The fraction of sp³-hybridized carbons (Fsp3) is 0.500. The minimum Gasteiger partial charge on any atom is -0.375 e. The molecule has 0 aliphatic carbocycles. The highest BCUT2D eigenvalue weighted by atomic mass is 35.5. The van der Waals surface area contributed by atoms with E-state index in [1.54, 1.807) is 6.07 Å². The Morgan fingerprint density at radius 3 is 3.00 bits per heavy atom. The quantitative estimate of drug-likeness (QED) is 0.663. The van der Waals surface area contributed by atoms with Gasteiger partial charge < -0.3 is 4.74 Å². The summed E-state index contributed by atoms with van der Waals surface area (Å²) in [5.74, 6) is 7.62. The largest absolute Gasteiger partial charge is 0.375 e. The molecule has 3 nitrogen and oxygen atoms in total. The van der Waals surface area contributed by atoms with Gasteiger partial charge in [0.1, 0.15) is 0 Å². The third-order valence-electron chi connectivity index (χ3n) is 2.95. The van der Waals surface area contributed by atoms with Gasteiger partial charge in [0.2, 0.25) is 0 Å². The van der Waals surface area contributed by atoms with Gasteiger partial charge in [-0.1, -0.05) is 23.2 Å². The summed E-state index contributed by atoms with van der Waals surface area (Å²) in [6.45, 7) is 0.775. The van der Waals surface area contributed by atoms with E-state index in [0.29, 0.717) is 16.5 Å². The maximum absolute atomic E-state index is 6.16. The van der Waals surface area contributed by atoms with Crippen LogP contribution < -0.4 is 11.3 Å². The number of nitrogens with one attached hydrogen (secondary N) is 1. The SMILES string of the molecule is NNC(Cc1cc(Cl)ccc1Cl)C1CSCCO1. The monoisotopic (exact) mass is 306 g/mol. The van der Waals surface area contributed by atoms with Gasteiger partial charge in [0, 0.05) is 21.6 Å². The van der Waals surface area contributed by atoms with Gasteiger partial charge in [-0.05, 0) is 30.2 Å². The zero-order valence-electron chi connectivity index (χ0n) is 9.86.